The monoisotopic (exact) mass is 338 g/mol. The van der Waals surface area contributed by atoms with Gasteiger partial charge in [0.25, 0.3) is 5.91 Å². The molecule has 3 rings (SSSR count). The van der Waals surface area contributed by atoms with E-state index < -0.39 is 11.7 Å². The third-order valence-corrected chi connectivity index (χ3v) is 3.41. The lowest BCUT2D eigenvalue weighted by Crippen LogP contribution is -2.15. The molecule has 0 saturated heterocycles. The lowest BCUT2D eigenvalue weighted by Gasteiger charge is -2.12. The fourth-order valence-corrected chi connectivity index (χ4v) is 2.23. The molecule has 25 heavy (non-hydrogen) atoms. The van der Waals surface area contributed by atoms with Crippen molar-refractivity contribution in [3.05, 3.63) is 71.6 Å². The molecule has 1 aromatic carbocycles. The number of para-hydroxylation sites is 1. The van der Waals surface area contributed by atoms with Crippen molar-refractivity contribution in [1.82, 2.24) is 15.0 Å². The number of carbonyl (C=O) groups is 1. The van der Waals surface area contributed by atoms with Crippen molar-refractivity contribution < 1.29 is 13.9 Å². The van der Waals surface area contributed by atoms with Gasteiger partial charge >= 0.3 is 6.01 Å². The second kappa shape index (κ2) is 7.04. The first kappa shape index (κ1) is 16.5. The highest BCUT2D eigenvalue weighted by Crippen LogP contribution is 2.23. The number of anilines is 1. The van der Waals surface area contributed by atoms with E-state index in [-0.39, 0.29) is 11.6 Å². The van der Waals surface area contributed by atoms with Gasteiger partial charge in [-0.15, -0.1) is 0 Å². The second-order valence-corrected chi connectivity index (χ2v) is 5.31. The number of pyridine rings is 1. The SMILES string of the molecule is Cc1nc(Oc2ccccc2)nc(C)c1NC(=O)c1cncc(F)c1. The van der Waals surface area contributed by atoms with Crippen LogP contribution < -0.4 is 10.1 Å². The first-order chi connectivity index (χ1) is 12.0. The summed E-state index contributed by atoms with van der Waals surface area (Å²) in [5.74, 6) is -0.452. The maximum absolute atomic E-state index is 13.2. The van der Waals surface area contributed by atoms with Crippen LogP contribution in [0.5, 0.6) is 11.8 Å². The number of carbonyl (C=O) groups excluding carboxylic acids is 1. The van der Waals surface area contributed by atoms with Gasteiger partial charge in [0, 0.05) is 6.20 Å². The Morgan fingerprint density at radius 1 is 1.08 bits per heavy atom. The maximum atomic E-state index is 13.2. The Balaban J connectivity index is 1.82. The summed E-state index contributed by atoms with van der Waals surface area (Å²) in [5, 5.41) is 2.69. The zero-order valence-corrected chi connectivity index (χ0v) is 13.7. The van der Waals surface area contributed by atoms with Gasteiger partial charge in [-0.05, 0) is 32.0 Å². The number of benzene rings is 1. The van der Waals surface area contributed by atoms with Crippen molar-refractivity contribution in [3.8, 4) is 11.8 Å². The summed E-state index contributed by atoms with van der Waals surface area (Å²) >= 11 is 0. The van der Waals surface area contributed by atoms with Crippen LogP contribution >= 0.6 is 0 Å². The molecule has 3 aromatic rings. The van der Waals surface area contributed by atoms with Crippen LogP contribution in [0.15, 0.2) is 48.8 Å². The topological polar surface area (TPSA) is 77.0 Å². The summed E-state index contributed by atoms with van der Waals surface area (Å²) in [6.45, 7) is 3.46. The zero-order chi connectivity index (χ0) is 17.8. The lowest BCUT2D eigenvalue weighted by atomic mass is 10.2. The Labute approximate surface area is 143 Å². The highest BCUT2D eigenvalue weighted by atomic mass is 19.1. The van der Waals surface area contributed by atoms with Gasteiger partial charge in [0.1, 0.15) is 11.6 Å². The van der Waals surface area contributed by atoms with Crippen LogP contribution in [0.2, 0.25) is 0 Å². The molecule has 0 fully saturated rings. The van der Waals surface area contributed by atoms with Gasteiger partial charge in [0.05, 0.1) is 28.8 Å². The number of hydrogen-bond donors (Lipinski definition) is 1. The molecule has 126 valence electrons. The number of rotatable bonds is 4. The van der Waals surface area contributed by atoms with E-state index >= 15 is 0 Å². The lowest BCUT2D eigenvalue weighted by molar-refractivity contribution is 0.102. The van der Waals surface area contributed by atoms with E-state index in [9.17, 15) is 9.18 Å². The fraction of sp³-hybridized carbons (Fsp3) is 0.111. The molecule has 0 aliphatic rings. The van der Waals surface area contributed by atoms with Gasteiger partial charge in [0.2, 0.25) is 0 Å². The molecule has 0 aliphatic heterocycles. The van der Waals surface area contributed by atoms with Gasteiger partial charge in [-0.3, -0.25) is 9.78 Å². The first-order valence-electron chi connectivity index (χ1n) is 7.53. The van der Waals surface area contributed by atoms with Crippen LogP contribution in [0.1, 0.15) is 21.7 Å². The quantitative estimate of drug-likeness (QED) is 0.785. The predicted molar refractivity (Wildman–Crippen MR) is 90.2 cm³/mol. The Hall–Kier alpha value is -3.35. The van der Waals surface area contributed by atoms with E-state index in [0.717, 1.165) is 12.3 Å². The number of nitrogens with one attached hydrogen (secondary N) is 1. The molecule has 0 atom stereocenters. The number of aromatic nitrogens is 3. The molecular formula is C18H15FN4O2. The molecule has 0 bridgehead atoms. The number of hydrogen-bond acceptors (Lipinski definition) is 5. The normalized spacial score (nSPS) is 10.4. The predicted octanol–water partition coefficient (Wildman–Crippen LogP) is 3.67. The molecule has 7 heteroatoms. The molecule has 0 spiro atoms. The Morgan fingerprint density at radius 3 is 2.40 bits per heavy atom. The first-order valence-corrected chi connectivity index (χ1v) is 7.53. The standard InChI is InChI=1S/C18H15FN4O2/c1-11-16(23-17(24)13-8-14(19)10-20-9-13)12(2)22-18(21-11)25-15-6-4-3-5-7-15/h3-10H,1-2H3,(H,23,24). The third-order valence-electron chi connectivity index (χ3n) is 3.41. The molecule has 1 N–H and O–H groups in total. The van der Waals surface area contributed by atoms with E-state index in [1.54, 1.807) is 26.0 Å². The zero-order valence-electron chi connectivity index (χ0n) is 13.7. The van der Waals surface area contributed by atoms with Crippen LogP contribution in [-0.4, -0.2) is 20.9 Å². The van der Waals surface area contributed by atoms with Crippen molar-refractivity contribution in [2.45, 2.75) is 13.8 Å². The van der Waals surface area contributed by atoms with Crippen molar-refractivity contribution in [2.24, 2.45) is 0 Å². The summed E-state index contributed by atoms with van der Waals surface area (Å²) < 4.78 is 18.8. The van der Waals surface area contributed by atoms with E-state index in [1.165, 1.54) is 6.20 Å². The molecule has 0 radical (unpaired) electrons. The molecule has 2 aromatic heterocycles. The molecule has 0 aliphatic carbocycles. The van der Waals surface area contributed by atoms with Crippen LogP contribution in [0.25, 0.3) is 0 Å². The van der Waals surface area contributed by atoms with Crippen molar-refractivity contribution in [2.75, 3.05) is 5.32 Å². The second-order valence-electron chi connectivity index (χ2n) is 5.31. The Morgan fingerprint density at radius 2 is 1.76 bits per heavy atom. The van der Waals surface area contributed by atoms with Crippen LogP contribution in [0, 0.1) is 19.7 Å². The molecular weight excluding hydrogens is 323 g/mol. The van der Waals surface area contributed by atoms with E-state index in [0.29, 0.717) is 22.8 Å². The van der Waals surface area contributed by atoms with Gasteiger partial charge in [-0.2, -0.15) is 9.97 Å². The Kier molecular flexibility index (Phi) is 4.65. The van der Waals surface area contributed by atoms with Crippen molar-refractivity contribution in [3.63, 3.8) is 0 Å². The average Bonchev–Trinajstić information content (AvgIpc) is 2.59. The van der Waals surface area contributed by atoms with Crippen molar-refractivity contribution >= 4 is 11.6 Å². The highest BCUT2D eigenvalue weighted by Gasteiger charge is 2.14. The van der Waals surface area contributed by atoms with Gasteiger partial charge in [-0.1, -0.05) is 18.2 Å². The molecule has 0 unspecified atom stereocenters. The number of amides is 1. The molecule has 2 heterocycles. The third kappa shape index (κ3) is 3.95. The summed E-state index contributed by atoms with van der Waals surface area (Å²) in [6.07, 6.45) is 2.32. The summed E-state index contributed by atoms with van der Waals surface area (Å²) in [7, 11) is 0. The van der Waals surface area contributed by atoms with Gasteiger partial charge in [-0.25, -0.2) is 4.39 Å². The number of nitrogens with zero attached hydrogens (tertiary/aromatic N) is 3. The van der Waals surface area contributed by atoms with Crippen molar-refractivity contribution in [1.29, 1.82) is 0 Å². The minimum absolute atomic E-state index is 0.114. The Bertz CT molecular complexity index is 893. The molecule has 6 nitrogen and oxygen atoms in total. The van der Waals surface area contributed by atoms with E-state index in [4.69, 9.17) is 4.74 Å². The van der Waals surface area contributed by atoms with Crippen LogP contribution in [-0.2, 0) is 0 Å². The summed E-state index contributed by atoms with van der Waals surface area (Å²) in [5.41, 5.74) is 1.64. The van der Waals surface area contributed by atoms with Crippen LogP contribution in [0.3, 0.4) is 0 Å². The minimum atomic E-state index is -0.580. The van der Waals surface area contributed by atoms with E-state index in [2.05, 4.69) is 20.3 Å². The van der Waals surface area contributed by atoms with E-state index in [1.807, 2.05) is 18.2 Å². The number of halogens is 1. The summed E-state index contributed by atoms with van der Waals surface area (Å²) in [4.78, 5) is 24.4. The average molecular weight is 338 g/mol. The molecule has 0 saturated carbocycles. The number of ether oxygens (including phenoxy) is 1. The van der Waals surface area contributed by atoms with Crippen LogP contribution in [0.4, 0.5) is 10.1 Å². The largest absolute Gasteiger partial charge is 0.424 e. The number of aryl methyl sites for hydroxylation is 2. The fourth-order valence-electron chi connectivity index (χ4n) is 2.23. The maximum Gasteiger partial charge on any atom is 0.322 e. The minimum Gasteiger partial charge on any atom is -0.424 e. The van der Waals surface area contributed by atoms with Gasteiger partial charge in [0.15, 0.2) is 0 Å². The highest BCUT2D eigenvalue weighted by molar-refractivity contribution is 6.04. The smallest absolute Gasteiger partial charge is 0.322 e. The molecule has 1 amide bonds. The van der Waals surface area contributed by atoms with Gasteiger partial charge < -0.3 is 10.1 Å². The summed E-state index contributed by atoms with van der Waals surface area (Å²) in [6, 6.07) is 10.5.